The molecule has 0 aliphatic carbocycles. The van der Waals surface area contributed by atoms with E-state index < -0.39 is 11.5 Å². The van der Waals surface area contributed by atoms with E-state index in [9.17, 15) is 14.4 Å². The van der Waals surface area contributed by atoms with Crippen molar-refractivity contribution in [3.63, 3.8) is 0 Å². The van der Waals surface area contributed by atoms with Crippen molar-refractivity contribution in [2.45, 2.75) is 19.3 Å². The molecule has 6 heteroatoms. The summed E-state index contributed by atoms with van der Waals surface area (Å²) in [7, 11) is 0. The highest BCUT2D eigenvalue weighted by Crippen LogP contribution is 2.08. The van der Waals surface area contributed by atoms with Gasteiger partial charge in [0.15, 0.2) is 0 Å². The lowest BCUT2D eigenvalue weighted by Crippen LogP contribution is -2.34. The second-order valence-electron chi connectivity index (χ2n) is 4.51. The van der Waals surface area contributed by atoms with Gasteiger partial charge in [0.2, 0.25) is 5.91 Å². The van der Waals surface area contributed by atoms with Crippen molar-refractivity contribution in [3.05, 3.63) is 34.2 Å². The first-order valence-electron chi connectivity index (χ1n) is 6.42. The van der Waals surface area contributed by atoms with E-state index in [4.69, 9.17) is 0 Å². The molecule has 1 saturated heterocycles. The van der Waals surface area contributed by atoms with Crippen LogP contribution in [0.25, 0.3) is 0 Å². The van der Waals surface area contributed by atoms with Crippen LogP contribution >= 0.6 is 0 Å². The van der Waals surface area contributed by atoms with Gasteiger partial charge < -0.3 is 15.2 Å². The summed E-state index contributed by atoms with van der Waals surface area (Å²) >= 11 is 0. The number of hydrogen-bond donors (Lipinski definition) is 2. The van der Waals surface area contributed by atoms with Crippen LogP contribution in [-0.4, -0.2) is 41.3 Å². The Bertz CT molecular complexity index is 518. The molecule has 2 rings (SSSR count). The van der Waals surface area contributed by atoms with Gasteiger partial charge in [-0.3, -0.25) is 14.4 Å². The van der Waals surface area contributed by atoms with E-state index in [0.717, 1.165) is 25.9 Å². The van der Waals surface area contributed by atoms with Gasteiger partial charge in [-0.25, -0.2) is 0 Å². The van der Waals surface area contributed by atoms with E-state index in [-0.39, 0.29) is 24.4 Å². The number of aromatic amines is 1. The minimum Gasteiger partial charge on any atom is -0.351 e. The fourth-order valence-electron chi connectivity index (χ4n) is 2.10. The van der Waals surface area contributed by atoms with Gasteiger partial charge in [-0.2, -0.15) is 0 Å². The number of rotatable bonds is 4. The number of aromatic nitrogens is 1. The summed E-state index contributed by atoms with van der Waals surface area (Å²) in [6.07, 6.45) is 3.85. The molecule has 1 aliphatic rings. The van der Waals surface area contributed by atoms with Crippen LogP contribution in [0.15, 0.2) is 23.1 Å². The number of carbonyl (C=O) groups is 2. The monoisotopic (exact) mass is 263 g/mol. The molecule has 0 bridgehead atoms. The lowest BCUT2D eigenvalue weighted by atomic mass is 10.2. The largest absolute Gasteiger partial charge is 0.351 e. The second kappa shape index (κ2) is 6.17. The normalized spacial score (nSPS) is 14.4. The molecule has 0 spiro atoms. The molecule has 0 atom stereocenters. The zero-order chi connectivity index (χ0) is 13.7. The Morgan fingerprint density at radius 3 is 2.74 bits per heavy atom. The Hall–Kier alpha value is -2.11. The van der Waals surface area contributed by atoms with Crippen molar-refractivity contribution < 1.29 is 9.59 Å². The molecule has 2 N–H and O–H groups in total. The maximum absolute atomic E-state index is 11.7. The van der Waals surface area contributed by atoms with Crippen molar-refractivity contribution in [2.24, 2.45) is 0 Å². The summed E-state index contributed by atoms with van der Waals surface area (Å²) in [5.41, 5.74) is -0.359. The van der Waals surface area contributed by atoms with E-state index in [1.165, 1.54) is 12.3 Å². The van der Waals surface area contributed by atoms with Crippen molar-refractivity contribution >= 4 is 11.8 Å². The van der Waals surface area contributed by atoms with Crippen LogP contribution in [0.1, 0.15) is 29.6 Å². The highest BCUT2D eigenvalue weighted by Gasteiger charge is 2.17. The summed E-state index contributed by atoms with van der Waals surface area (Å²) in [6.45, 7) is 1.87. The summed E-state index contributed by atoms with van der Waals surface area (Å²) in [5, 5.41) is 2.59. The Kier molecular flexibility index (Phi) is 4.33. The smallest absolute Gasteiger partial charge is 0.260 e. The standard InChI is InChI=1S/C13H17N3O3/c17-11(16-8-1-2-9-16)5-7-15-13(19)10-4-3-6-14-12(10)18/h3-4,6H,1-2,5,7-9H2,(H,14,18)(H,15,19). The van der Waals surface area contributed by atoms with Crippen molar-refractivity contribution in [1.82, 2.24) is 15.2 Å². The summed E-state index contributed by atoms with van der Waals surface area (Å²) in [5.74, 6) is -0.393. The van der Waals surface area contributed by atoms with Crippen LogP contribution in [0.4, 0.5) is 0 Å². The average Bonchev–Trinajstić information content (AvgIpc) is 2.93. The summed E-state index contributed by atoms with van der Waals surface area (Å²) in [6, 6.07) is 3.04. The zero-order valence-corrected chi connectivity index (χ0v) is 10.6. The number of carbonyl (C=O) groups excluding carboxylic acids is 2. The highest BCUT2D eigenvalue weighted by atomic mass is 16.2. The minimum atomic E-state index is -0.448. The SMILES string of the molecule is O=C(NCCC(=O)N1CCCC1)c1ccc[nH]c1=O. The first kappa shape index (κ1) is 13.3. The van der Waals surface area contributed by atoms with Gasteiger partial charge in [-0.05, 0) is 25.0 Å². The third-order valence-electron chi connectivity index (χ3n) is 3.15. The molecule has 1 aromatic heterocycles. The van der Waals surface area contributed by atoms with Crippen LogP contribution < -0.4 is 10.9 Å². The lowest BCUT2D eigenvalue weighted by molar-refractivity contribution is -0.129. The molecule has 0 aromatic carbocycles. The Balaban J connectivity index is 1.79. The summed E-state index contributed by atoms with van der Waals surface area (Å²) in [4.78, 5) is 39.1. The lowest BCUT2D eigenvalue weighted by Gasteiger charge is -2.15. The van der Waals surface area contributed by atoms with Gasteiger partial charge >= 0.3 is 0 Å². The molecule has 6 nitrogen and oxygen atoms in total. The maximum atomic E-state index is 11.7. The predicted octanol–water partition coefficient (Wildman–Crippen LogP) is 0.117. The van der Waals surface area contributed by atoms with E-state index in [2.05, 4.69) is 10.3 Å². The number of likely N-dealkylation sites (tertiary alicyclic amines) is 1. The quantitative estimate of drug-likeness (QED) is 0.809. The molecule has 0 unspecified atom stereocenters. The fraction of sp³-hybridized carbons (Fsp3) is 0.462. The molecular weight excluding hydrogens is 246 g/mol. The van der Waals surface area contributed by atoms with Gasteiger partial charge in [0.05, 0.1) is 0 Å². The zero-order valence-electron chi connectivity index (χ0n) is 10.6. The Morgan fingerprint density at radius 2 is 2.05 bits per heavy atom. The molecule has 1 aromatic rings. The molecule has 102 valence electrons. The molecular formula is C13H17N3O3. The molecule has 0 saturated carbocycles. The van der Waals surface area contributed by atoms with E-state index in [1.807, 2.05) is 4.90 Å². The Morgan fingerprint density at radius 1 is 1.32 bits per heavy atom. The van der Waals surface area contributed by atoms with Crippen LogP contribution in [0.2, 0.25) is 0 Å². The van der Waals surface area contributed by atoms with E-state index in [1.54, 1.807) is 6.07 Å². The van der Waals surface area contributed by atoms with Crippen molar-refractivity contribution in [3.8, 4) is 0 Å². The van der Waals surface area contributed by atoms with E-state index in [0.29, 0.717) is 0 Å². The minimum absolute atomic E-state index is 0.0553. The second-order valence-corrected chi connectivity index (χ2v) is 4.51. The third-order valence-corrected chi connectivity index (χ3v) is 3.15. The topological polar surface area (TPSA) is 82.3 Å². The molecule has 2 heterocycles. The average molecular weight is 263 g/mol. The van der Waals surface area contributed by atoms with Gasteiger partial charge in [0.25, 0.3) is 11.5 Å². The third kappa shape index (κ3) is 3.43. The van der Waals surface area contributed by atoms with E-state index >= 15 is 0 Å². The van der Waals surface area contributed by atoms with Gasteiger partial charge in [0.1, 0.15) is 5.56 Å². The van der Waals surface area contributed by atoms with Gasteiger partial charge in [-0.15, -0.1) is 0 Å². The van der Waals surface area contributed by atoms with Crippen LogP contribution in [0.3, 0.4) is 0 Å². The number of pyridine rings is 1. The molecule has 2 amide bonds. The van der Waals surface area contributed by atoms with Gasteiger partial charge in [0, 0.05) is 32.3 Å². The highest BCUT2D eigenvalue weighted by molar-refractivity contribution is 5.93. The molecule has 1 fully saturated rings. The molecule has 19 heavy (non-hydrogen) atoms. The fourth-order valence-corrected chi connectivity index (χ4v) is 2.10. The first-order valence-corrected chi connectivity index (χ1v) is 6.42. The number of H-pyrrole nitrogens is 1. The van der Waals surface area contributed by atoms with Crippen LogP contribution in [-0.2, 0) is 4.79 Å². The number of nitrogens with one attached hydrogen (secondary N) is 2. The number of hydrogen-bond acceptors (Lipinski definition) is 3. The van der Waals surface area contributed by atoms with Crippen LogP contribution in [0, 0.1) is 0 Å². The molecule has 1 aliphatic heterocycles. The number of nitrogens with zero attached hydrogens (tertiary/aromatic N) is 1. The maximum Gasteiger partial charge on any atom is 0.260 e. The predicted molar refractivity (Wildman–Crippen MR) is 69.8 cm³/mol. The van der Waals surface area contributed by atoms with Gasteiger partial charge in [-0.1, -0.05) is 0 Å². The Labute approximate surface area is 110 Å². The molecule has 0 radical (unpaired) electrons. The summed E-state index contributed by atoms with van der Waals surface area (Å²) < 4.78 is 0. The first-order chi connectivity index (χ1) is 9.18. The van der Waals surface area contributed by atoms with Crippen molar-refractivity contribution in [1.29, 1.82) is 0 Å². The number of amides is 2. The van der Waals surface area contributed by atoms with Crippen LogP contribution in [0.5, 0.6) is 0 Å². The van der Waals surface area contributed by atoms with Crippen molar-refractivity contribution in [2.75, 3.05) is 19.6 Å².